The number of fused-ring (bicyclic) bond motifs is 1. The number of rotatable bonds is 10. The molecule has 198 valence electrons. The first-order valence-electron chi connectivity index (χ1n) is 11.8. The summed E-state index contributed by atoms with van der Waals surface area (Å²) in [6, 6.07) is 20.0. The molecule has 0 aliphatic carbocycles. The van der Waals surface area contributed by atoms with Crippen LogP contribution in [0.1, 0.15) is 12.0 Å². The number of hydrogen-bond donors (Lipinski definition) is 2. The van der Waals surface area contributed by atoms with Crippen LogP contribution in [-0.4, -0.2) is 69.1 Å². The van der Waals surface area contributed by atoms with E-state index in [0.717, 1.165) is 51.6 Å². The highest BCUT2D eigenvalue weighted by Gasteiger charge is 2.13. The van der Waals surface area contributed by atoms with Gasteiger partial charge in [0.1, 0.15) is 11.4 Å². The highest BCUT2D eigenvalue weighted by Crippen LogP contribution is 2.29. The van der Waals surface area contributed by atoms with Gasteiger partial charge >= 0.3 is 11.9 Å². The van der Waals surface area contributed by atoms with Gasteiger partial charge in [0.15, 0.2) is 5.65 Å². The number of benzene rings is 2. The first kappa shape index (κ1) is 28.4. The Bertz CT molecular complexity index is 1370. The van der Waals surface area contributed by atoms with Crippen molar-refractivity contribution in [1.29, 1.82) is 0 Å². The number of hydrogen-bond acceptors (Lipinski definition) is 6. The molecule has 10 heteroatoms. The number of carboxylic acid groups (broad SMARTS) is 2. The van der Waals surface area contributed by atoms with E-state index in [1.54, 1.807) is 6.20 Å². The fourth-order valence-electron chi connectivity index (χ4n) is 3.52. The van der Waals surface area contributed by atoms with Gasteiger partial charge in [-0.05, 0) is 74.6 Å². The van der Waals surface area contributed by atoms with Gasteiger partial charge in [-0.15, -0.1) is 0 Å². The third kappa shape index (κ3) is 8.72. The fraction of sp³-hybridized carbons (Fsp3) is 0.214. The van der Waals surface area contributed by atoms with Crippen molar-refractivity contribution in [3.8, 4) is 17.0 Å². The summed E-state index contributed by atoms with van der Waals surface area (Å²) in [5.41, 5.74) is 3.96. The van der Waals surface area contributed by atoms with Gasteiger partial charge in [-0.3, -0.25) is 0 Å². The van der Waals surface area contributed by atoms with Gasteiger partial charge in [0.05, 0.1) is 13.2 Å². The molecule has 4 aromatic rings. The van der Waals surface area contributed by atoms with Crippen LogP contribution < -0.4 is 4.74 Å². The lowest BCUT2D eigenvalue weighted by Crippen LogP contribution is -2.15. The van der Waals surface area contributed by atoms with Gasteiger partial charge in [-0.25, -0.2) is 19.3 Å². The first-order valence-corrected chi connectivity index (χ1v) is 12.2. The number of ether oxygens (including phenoxy) is 1. The molecule has 0 atom stereocenters. The molecule has 2 aromatic carbocycles. The molecule has 9 nitrogen and oxygen atoms in total. The van der Waals surface area contributed by atoms with E-state index in [-0.39, 0.29) is 0 Å². The topological polar surface area (TPSA) is 118 Å². The molecule has 0 spiro atoms. The van der Waals surface area contributed by atoms with E-state index in [4.69, 9.17) is 31.6 Å². The number of pyridine rings is 1. The molecule has 2 heterocycles. The van der Waals surface area contributed by atoms with E-state index in [1.165, 1.54) is 0 Å². The van der Waals surface area contributed by atoms with Crippen LogP contribution in [0.3, 0.4) is 0 Å². The molecular weight excluding hydrogens is 508 g/mol. The Morgan fingerprint density at radius 1 is 1.00 bits per heavy atom. The molecule has 0 amide bonds. The monoisotopic (exact) mass is 536 g/mol. The minimum absolute atomic E-state index is 0.558. The second kappa shape index (κ2) is 13.9. The van der Waals surface area contributed by atoms with Gasteiger partial charge < -0.3 is 19.8 Å². The van der Waals surface area contributed by atoms with E-state index in [1.807, 2.05) is 47.1 Å². The maximum absolute atomic E-state index is 9.55. The first-order chi connectivity index (χ1) is 18.2. The summed E-state index contributed by atoms with van der Waals surface area (Å²) in [4.78, 5) is 25.8. The van der Waals surface area contributed by atoms with Crippen molar-refractivity contribution in [2.24, 2.45) is 0 Å². The molecule has 0 aliphatic heterocycles. The average molecular weight is 537 g/mol. The Kier molecular flexibility index (Phi) is 10.4. The molecule has 0 unspecified atom stereocenters. The number of carbonyl (C=O) groups is 2. The van der Waals surface area contributed by atoms with Crippen molar-refractivity contribution < 1.29 is 24.5 Å². The summed E-state index contributed by atoms with van der Waals surface area (Å²) < 4.78 is 7.80. The normalized spacial score (nSPS) is 10.9. The van der Waals surface area contributed by atoms with Crippen LogP contribution in [0.4, 0.5) is 0 Å². The fourth-order valence-corrected chi connectivity index (χ4v) is 3.64. The van der Waals surface area contributed by atoms with Crippen molar-refractivity contribution >= 4 is 34.6 Å². The van der Waals surface area contributed by atoms with Crippen molar-refractivity contribution in [1.82, 2.24) is 19.7 Å². The van der Waals surface area contributed by atoms with Crippen LogP contribution in [0.2, 0.25) is 5.02 Å². The molecular formula is C28H29ClN4O5. The molecule has 2 aromatic heterocycles. The zero-order chi connectivity index (χ0) is 27.5. The molecule has 0 saturated heterocycles. The van der Waals surface area contributed by atoms with Crippen molar-refractivity contribution in [3.05, 3.63) is 89.6 Å². The zero-order valence-electron chi connectivity index (χ0n) is 21.1. The van der Waals surface area contributed by atoms with Gasteiger partial charge in [0.25, 0.3) is 0 Å². The Morgan fingerprint density at radius 3 is 2.26 bits per heavy atom. The smallest absolute Gasteiger partial charge is 0.328 e. The second-order valence-corrected chi connectivity index (χ2v) is 8.98. The summed E-state index contributed by atoms with van der Waals surface area (Å²) in [5.74, 6) is -1.64. The molecule has 4 rings (SSSR count). The summed E-state index contributed by atoms with van der Waals surface area (Å²) in [7, 11) is 4.14. The SMILES string of the molecule is CN(C)CCCOc1ccc(-c2nn(Cc3ccc(Cl)cc3)c3ncccc23)cc1.O=C(O)/C=C\C(=O)O. The van der Waals surface area contributed by atoms with Gasteiger partial charge in [-0.1, -0.05) is 23.7 Å². The summed E-state index contributed by atoms with van der Waals surface area (Å²) in [6.07, 6.45) is 3.92. The highest BCUT2D eigenvalue weighted by atomic mass is 35.5. The van der Waals surface area contributed by atoms with Crippen LogP contribution in [0.5, 0.6) is 5.75 Å². The van der Waals surface area contributed by atoms with Crippen molar-refractivity contribution in [3.63, 3.8) is 0 Å². The zero-order valence-corrected chi connectivity index (χ0v) is 21.9. The molecule has 0 bridgehead atoms. The van der Waals surface area contributed by atoms with Crippen LogP contribution >= 0.6 is 11.6 Å². The maximum Gasteiger partial charge on any atom is 0.328 e. The van der Waals surface area contributed by atoms with E-state index in [9.17, 15) is 9.59 Å². The molecule has 0 aliphatic rings. The molecule has 0 fully saturated rings. The summed E-state index contributed by atoms with van der Waals surface area (Å²) in [5, 5.41) is 22.3. The number of nitrogens with zero attached hydrogens (tertiary/aromatic N) is 4. The second-order valence-electron chi connectivity index (χ2n) is 8.55. The third-order valence-electron chi connectivity index (χ3n) is 5.27. The Labute approximate surface area is 225 Å². The van der Waals surface area contributed by atoms with Crippen molar-refractivity contribution in [2.45, 2.75) is 13.0 Å². The maximum atomic E-state index is 9.55. The predicted molar refractivity (Wildman–Crippen MR) is 147 cm³/mol. The van der Waals surface area contributed by atoms with E-state index < -0.39 is 11.9 Å². The number of carboxylic acids is 2. The average Bonchev–Trinajstić information content (AvgIpc) is 3.26. The van der Waals surface area contributed by atoms with Crippen LogP contribution in [0, 0.1) is 0 Å². The summed E-state index contributed by atoms with van der Waals surface area (Å²) >= 11 is 6.01. The summed E-state index contributed by atoms with van der Waals surface area (Å²) in [6.45, 7) is 2.36. The van der Waals surface area contributed by atoms with Gasteiger partial charge in [-0.2, -0.15) is 5.10 Å². The quantitative estimate of drug-likeness (QED) is 0.218. The standard InChI is InChI=1S/C24H25ClN4O.C4H4O4/c1-28(2)15-4-16-30-21-12-8-19(9-13-21)23-22-5-3-14-26-24(22)29(27-23)17-18-6-10-20(25)11-7-18;5-3(6)1-2-4(7)8/h3,5-14H,4,15-17H2,1-2H3;1-2H,(H,5,6)(H,7,8)/b;2-1-. The van der Waals surface area contributed by atoms with Crippen LogP contribution in [0.25, 0.3) is 22.3 Å². The highest BCUT2D eigenvalue weighted by molar-refractivity contribution is 6.30. The van der Waals surface area contributed by atoms with E-state index in [0.29, 0.717) is 25.3 Å². The molecule has 38 heavy (non-hydrogen) atoms. The van der Waals surface area contributed by atoms with Crippen LogP contribution in [0.15, 0.2) is 79.0 Å². The number of aromatic nitrogens is 3. The number of aliphatic carboxylic acids is 2. The Morgan fingerprint density at radius 2 is 1.66 bits per heavy atom. The van der Waals surface area contributed by atoms with E-state index >= 15 is 0 Å². The van der Waals surface area contributed by atoms with Gasteiger partial charge in [0.2, 0.25) is 0 Å². The lowest BCUT2D eigenvalue weighted by Gasteiger charge is -2.10. The molecule has 0 radical (unpaired) electrons. The Hall–Kier alpha value is -4.21. The number of halogens is 1. The predicted octanol–water partition coefficient (Wildman–Crippen LogP) is 4.84. The molecule has 2 N–H and O–H groups in total. The lowest BCUT2D eigenvalue weighted by molar-refractivity contribution is -0.134. The lowest BCUT2D eigenvalue weighted by atomic mass is 10.1. The van der Waals surface area contributed by atoms with E-state index in [2.05, 4.69) is 42.2 Å². The van der Waals surface area contributed by atoms with Crippen molar-refractivity contribution in [2.75, 3.05) is 27.2 Å². The van der Waals surface area contributed by atoms with Crippen LogP contribution in [-0.2, 0) is 16.1 Å². The molecule has 0 saturated carbocycles. The minimum atomic E-state index is -1.26. The largest absolute Gasteiger partial charge is 0.494 e. The third-order valence-corrected chi connectivity index (χ3v) is 5.52. The minimum Gasteiger partial charge on any atom is -0.494 e. The van der Waals surface area contributed by atoms with Gasteiger partial charge in [0, 0.05) is 40.9 Å². The Balaban J connectivity index is 0.000000436.